The minimum absolute atomic E-state index is 0.134. The summed E-state index contributed by atoms with van der Waals surface area (Å²) in [5.41, 5.74) is 0. The molecule has 0 amide bonds. The van der Waals surface area contributed by atoms with Crippen molar-refractivity contribution in [2.75, 3.05) is 19.0 Å². The largest absolute Gasteiger partial charge is 0.465 e. The molecule has 0 saturated heterocycles. The van der Waals surface area contributed by atoms with Crippen molar-refractivity contribution in [1.82, 2.24) is 4.98 Å². The minimum Gasteiger partial charge on any atom is -0.465 e. The average molecular weight is 305 g/mol. The molecule has 1 saturated carbocycles. The van der Waals surface area contributed by atoms with Crippen LogP contribution in [-0.4, -0.2) is 35.8 Å². The van der Waals surface area contributed by atoms with Crippen molar-refractivity contribution in [3.05, 3.63) is 10.0 Å². The number of hydrogen-bond donors (Lipinski definition) is 2. The number of thiazole rings is 1. The Morgan fingerprint density at radius 1 is 1.63 bits per heavy atom. The summed E-state index contributed by atoms with van der Waals surface area (Å²) in [5.74, 6) is -0.130. The van der Waals surface area contributed by atoms with Crippen molar-refractivity contribution < 1.29 is 14.6 Å². The standard InChI is InChI=1S/C12H17ClN2O3S/c1-18-11(17)9-10(13)15-12(19-9)14-6-8(16)7-4-2-3-5-7/h7-8,16H,2-6H2,1H3,(H,14,15). The van der Waals surface area contributed by atoms with E-state index < -0.39 is 5.97 Å². The van der Waals surface area contributed by atoms with Crippen molar-refractivity contribution in [2.45, 2.75) is 31.8 Å². The van der Waals surface area contributed by atoms with E-state index >= 15 is 0 Å². The molecular formula is C12H17ClN2O3S. The van der Waals surface area contributed by atoms with Crippen molar-refractivity contribution >= 4 is 34.0 Å². The van der Waals surface area contributed by atoms with Crippen LogP contribution in [0.1, 0.15) is 35.4 Å². The Morgan fingerprint density at radius 2 is 2.32 bits per heavy atom. The number of hydrogen-bond acceptors (Lipinski definition) is 6. The van der Waals surface area contributed by atoms with E-state index in [1.54, 1.807) is 0 Å². The van der Waals surface area contributed by atoms with Gasteiger partial charge in [0.1, 0.15) is 0 Å². The van der Waals surface area contributed by atoms with Gasteiger partial charge in [0.2, 0.25) is 0 Å². The van der Waals surface area contributed by atoms with Crippen LogP contribution in [0.5, 0.6) is 0 Å². The zero-order valence-electron chi connectivity index (χ0n) is 10.7. The average Bonchev–Trinajstić information content (AvgIpc) is 3.04. The van der Waals surface area contributed by atoms with Crippen LogP contribution in [0.4, 0.5) is 5.13 Å². The third-order valence-corrected chi connectivity index (χ3v) is 4.74. The van der Waals surface area contributed by atoms with Gasteiger partial charge in [-0.15, -0.1) is 0 Å². The van der Waals surface area contributed by atoms with Gasteiger partial charge in [-0.05, 0) is 18.8 Å². The summed E-state index contributed by atoms with van der Waals surface area (Å²) in [6, 6.07) is 0. The fraction of sp³-hybridized carbons (Fsp3) is 0.667. The van der Waals surface area contributed by atoms with Gasteiger partial charge in [-0.3, -0.25) is 0 Å². The molecule has 106 valence electrons. The van der Waals surface area contributed by atoms with Crippen molar-refractivity contribution in [2.24, 2.45) is 5.92 Å². The number of esters is 1. The molecule has 1 aromatic rings. The summed E-state index contributed by atoms with van der Waals surface area (Å²) >= 11 is 6.99. The van der Waals surface area contributed by atoms with E-state index in [2.05, 4.69) is 15.0 Å². The van der Waals surface area contributed by atoms with Gasteiger partial charge in [0, 0.05) is 6.54 Å². The maximum absolute atomic E-state index is 11.4. The Balaban J connectivity index is 1.90. The third kappa shape index (κ3) is 3.58. The highest BCUT2D eigenvalue weighted by Gasteiger charge is 2.23. The molecule has 0 aromatic carbocycles. The number of nitrogens with one attached hydrogen (secondary N) is 1. The number of aliphatic hydroxyl groups is 1. The number of ether oxygens (including phenoxy) is 1. The predicted octanol–water partition coefficient (Wildman–Crippen LogP) is 2.55. The molecule has 2 rings (SSSR count). The van der Waals surface area contributed by atoms with Gasteiger partial charge in [-0.1, -0.05) is 35.8 Å². The lowest BCUT2D eigenvalue weighted by molar-refractivity contribution is 0.0606. The molecule has 1 aliphatic carbocycles. The summed E-state index contributed by atoms with van der Waals surface area (Å²) in [5, 5.41) is 13.7. The molecule has 0 spiro atoms. The maximum atomic E-state index is 11.4. The van der Waals surface area contributed by atoms with E-state index in [1.807, 2.05) is 0 Å². The van der Waals surface area contributed by atoms with Crippen LogP contribution in [0.2, 0.25) is 5.15 Å². The molecule has 5 nitrogen and oxygen atoms in total. The molecular weight excluding hydrogens is 288 g/mol. The van der Waals surface area contributed by atoms with Gasteiger partial charge >= 0.3 is 5.97 Å². The smallest absolute Gasteiger partial charge is 0.351 e. The van der Waals surface area contributed by atoms with E-state index in [9.17, 15) is 9.90 Å². The van der Waals surface area contributed by atoms with E-state index in [4.69, 9.17) is 11.6 Å². The van der Waals surface area contributed by atoms with Gasteiger partial charge in [0.05, 0.1) is 13.2 Å². The lowest BCUT2D eigenvalue weighted by Crippen LogP contribution is -2.26. The Hall–Kier alpha value is -0.850. The first-order valence-electron chi connectivity index (χ1n) is 6.28. The highest BCUT2D eigenvalue weighted by atomic mass is 35.5. The Bertz CT molecular complexity index is 446. The lowest BCUT2D eigenvalue weighted by atomic mass is 10.0. The highest BCUT2D eigenvalue weighted by molar-refractivity contribution is 7.18. The first kappa shape index (κ1) is 14.6. The van der Waals surface area contributed by atoms with Crippen LogP contribution in [0.3, 0.4) is 0 Å². The third-order valence-electron chi connectivity index (χ3n) is 3.36. The number of halogens is 1. The number of methoxy groups -OCH3 is 1. The van der Waals surface area contributed by atoms with Crippen LogP contribution in [-0.2, 0) is 4.74 Å². The molecule has 7 heteroatoms. The van der Waals surface area contributed by atoms with Gasteiger partial charge in [0.15, 0.2) is 15.2 Å². The van der Waals surface area contributed by atoms with Gasteiger partial charge in [-0.25, -0.2) is 9.78 Å². The second kappa shape index (κ2) is 6.54. The van der Waals surface area contributed by atoms with Crippen LogP contribution >= 0.6 is 22.9 Å². The van der Waals surface area contributed by atoms with Crippen molar-refractivity contribution in [3.8, 4) is 0 Å². The fourth-order valence-electron chi connectivity index (χ4n) is 2.30. The second-order valence-electron chi connectivity index (χ2n) is 4.62. The summed E-state index contributed by atoms with van der Waals surface area (Å²) in [4.78, 5) is 15.7. The first-order chi connectivity index (χ1) is 9.11. The normalized spacial score (nSPS) is 17.4. The van der Waals surface area contributed by atoms with Crippen LogP contribution < -0.4 is 5.32 Å². The molecule has 0 radical (unpaired) electrons. The zero-order chi connectivity index (χ0) is 13.8. The summed E-state index contributed by atoms with van der Waals surface area (Å²) in [7, 11) is 1.30. The van der Waals surface area contributed by atoms with E-state index in [0.717, 1.165) is 24.2 Å². The van der Waals surface area contributed by atoms with E-state index in [0.29, 0.717) is 17.6 Å². The molecule has 1 aliphatic rings. The molecule has 2 N–H and O–H groups in total. The first-order valence-corrected chi connectivity index (χ1v) is 7.48. The monoisotopic (exact) mass is 304 g/mol. The number of aliphatic hydroxyl groups excluding tert-OH is 1. The molecule has 1 unspecified atom stereocenters. The van der Waals surface area contributed by atoms with Gasteiger partial charge in [-0.2, -0.15) is 0 Å². The number of nitrogens with zero attached hydrogens (tertiary/aromatic N) is 1. The van der Waals surface area contributed by atoms with Crippen molar-refractivity contribution in [1.29, 1.82) is 0 Å². The molecule has 1 atom stereocenters. The van der Waals surface area contributed by atoms with E-state index in [-0.39, 0.29) is 16.1 Å². The number of aromatic nitrogens is 1. The maximum Gasteiger partial charge on any atom is 0.351 e. The second-order valence-corrected chi connectivity index (χ2v) is 5.98. The predicted molar refractivity (Wildman–Crippen MR) is 74.9 cm³/mol. The lowest BCUT2D eigenvalue weighted by Gasteiger charge is -2.17. The summed E-state index contributed by atoms with van der Waals surface area (Å²) in [6.45, 7) is 0.426. The Morgan fingerprint density at radius 3 is 2.95 bits per heavy atom. The van der Waals surface area contributed by atoms with Gasteiger partial charge in [0.25, 0.3) is 0 Å². The fourth-order valence-corrected chi connectivity index (χ4v) is 3.41. The highest BCUT2D eigenvalue weighted by Crippen LogP contribution is 2.30. The molecule has 19 heavy (non-hydrogen) atoms. The molecule has 1 heterocycles. The molecule has 1 fully saturated rings. The molecule has 0 aliphatic heterocycles. The topological polar surface area (TPSA) is 71.5 Å². The number of carbonyl (C=O) groups excluding carboxylic acids is 1. The minimum atomic E-state index is -0.494. The number of carbonyl (C=O) groups is 1. The number of rotatable bonds is 5. The molecule has 0 bridgehead atoms. The van der Waals surface area contributed by atoms with E-state index in [1.165, 1.54) is 20.0 Å². The van der Waals surface area contributed by atoms with Crippen molar-refractivity contribution in [3.63, 3.8) is 0 Å². The van der Waals surface area contributed by atoms with Crippen LogP contribution in [0.15, 0.2) is 0 Å². The zero-order valence-corrected chi connectivity index (χ0v) is 12.3. The summed E-state index contributed by atoms with van der Waals surface area (Å²) < 4.78 is 4.61. The quantitative estimate of drug-likeness (QED) is 0.818. The van der Waals surface area contributed by atoms with Crippen LogP contribution in [0, 0.1) is 5.92 Å². The Kier molecular flexibility index (Phi) is 5.01. The number of anilines is 1. The Labute approximate surface area is 120 Å². The van der Waals surface area contributed by atoms with Gasteiger partial charge < -0.3 is 15.2 Å². The molecule has 1 aromatic heterocycles. The van der Waals surface area contributed by atoms with Crippen LogP contribution in [0.25, 0.3) is 0 Å². The SMILES string of the molecule is COC(=O)c1sc(NCC(O)C2CCCC2)nc1Cl. The summed E-state index contributed by atoms with van der Waals surface area (Å²) in [6.07, 6.45) is 4.16.